The molecule has 0 aliphatic heterocycles. The molecule has 6 heteroatoms. The molecule has 1 amide bonds. The molecule has 0 atom stereocenters. The molecule has 114 valence electrons. The van der Waals surface area contributed by atoms with Crippen molar-refractivity contribution in [2.24, 2.45) is 0 Å². The standard InChI is InChI=1S/C16H16N2O3S/c1-2-21-15(20)10-13-11-22-16(17-13)18-14(19)9-8-12-6-4-3-5-7-12/h3-9,11H,2,10H2,1H3,(H,17,18,19)/b9-8-. The van der Waals surface area contributed by atoms with E-state index in [1.54, 1.807) is 18.4 Å². The highest BCUT2D eigenvalue weighted by molar-refractivity contribution is 7.14. The van der Waals surface area contributed by atoms with Gasteiger partial charge < -0.3 is 4.74 Å². The van der Waals surface area contributed by atoms with E-state index in [0.29, 0.717) is 17.4 Å². The van der Waals surface area contributed by atoms with Crippen molar-refractivity contribution >= 4 is 34.4 Å². The quantitative estimate of drug-likeness (QED) is 0.657. The Morgan fingerprint density at radius 2 is 2.09 bits per heavy atom. The van der Waals surface area contributed by atoms with E-state index in [1.165, 1.54) is 17.4 Å². The van der Waals surface area contributed by atoms with Crippen LogP contribution in [0.3, 0.4) is 0 Å². The lowest BCUT2D eigenvalue weighted by molar-refractivity contribution is -0.142. The number of nitrogens with zero attached hydrogens (tertiary/aromatic N) is 1. The van der Waals surface area contributed by atoms with Crippen molar-refractivity contribution in [3.05, 3.63) is 53.0 Å². The Labute approximate surface area is 132 Å². The monoisotopic (exact) mass is 316 g/mol. The van der Waals surface area contributed by atoms with Crippen LogP contribution < -0.4 is 5.32 Å². The van der Waals surface area contributed by atoms with Crippen molar-refractivity contribution in [2.45, 2.75) is 13.3 Å². The van der Waals surface area contributed by atoms with Gasteiger partial charge in [0.05, 0.1) is 18.7 Å². The molecule has 0 bridgehead atoms. The van der Waals surface area contributed by atoms with E-state index in [9.17, 15) is 9.59 Å². The minimum Gasteiger partial charge on any atom is -0.466 e. The molecule has 22 heavy (non-hydrogen) atoms. The average molecular weight is 316 g/mol. The second-order valence-corrected chi connectivity index (χ2v) is 5.22. The molecule has 0 saturated carbocycles. The number of benzene rings is 1. The Bertz CT molecular complexity index is 665. The number of nitrogens with one attached hydrogen (secondary N) is 1. The number of hydrogen-bond acceptors (Lipinski definition) is 5. The normalized spacial score (nSPS) is 10.6. The molecule has 0 saturated heterocycles. The van der Waals surface area contributed by atoms with E-state index in [2.05, 4.69) is 10.3 Å². The van der Waals surface area contributed by atoms with Gasteiger partial charge in [0.15, 0.2) is 5.13 Å². The fourth-order valence-corrected chi connectivity index (χ4v) is 2.40. The summed E-state index contributed by atoms with van der Waals surface area (Å²) in [5, 5.41) is 4.86. The number of ether oxygens (including phenoxy) is 1. The highest BCUT2D eigenvalue weighted by atomic mass is 32.1. The summed E-state index contributed by atoms with van der Waals surface area (Å²) >= 11 is 1.27. The van der Waals surface area contributed by atoms with Crippen LogP contribution in [0.15, 0.2) is 41.8 Å². The highest BCUT2D eigenvalue weighted by Gasteiger charge is 2.09. The van der Waals surface area contributed by atoms with Crippen molar-refractivity contribution in [1.29, 1.82) is 0 Å². The molecule has 5 nitrogen and oxygen atoms in total. The van der Waals surface area contributed by atoms with Gasteiger partial charge in [0.1, 0.15) is 0 Å². The number of rotatable bonds is 6. The lowest BCUT2D eigenvalue weighted by Crippen LogP contribution is -2.09. The Hall–Kier alpha value is -2.47. The fourth-order valence-electron chi connectivity index (χ4n) is 1.69. The van der Waals surface area contributed by atoms with Gasteiger partial charge in [-0.3, -0.25) is 14.9 Å². The molecule has 0 spiro atoms. The van der Waals surface area contributed by atoms with E-state index in [-0.39, 0.29) is 18.3 Å². The number of esters is 1. The van der Waals surface area contributed by atoms with Crippen LogP contribution in [0.1, 0.15) is 18.2 Å². The van der Waals surface area contributed by atoms with E-state index in [1.807, 2.05) is 30.3 Å². The van der Waals surface area contributed by atoms with Gasteiger partial charge in [-0.05, 0) is 18.6 Å². The lowest BCUT2D eigenvalue weighted by atomic mass is 10.2. The molecular weight excluding hydrogens is 300 g/mol. The smallest absolute Gasteiger partial charge is 0.311 e. The molecule has 1 heterocycles. The summed E-state index contributed by atoms with van der Waals surface area (Å²) in [5.74, 6) is -0.587. The first kappa shape index (κ1) is 15.9. The zero-order valence-electron chi connectivity index (χ0n) is 12.1. The molecule has 1 aromatic heterocycles. The number of aromatic nitrogens is 1. The molecule has 0 radical (unpaired) electrons. The number of amides is 1. The van der Waals surface area contributed by atoms with E-state index >= 15 is 0 Å². The maximum atomic E-state index is 11.8. The number of carbonyl (C=O) groups is 2. The van der Waals surface area contributed by atoms with Crippen LogP contribution in [-0.4, -0.2) is 23.5 Å². The highest BCUT2D eigenvalue weighted by Crippen LogP contribution is 2.16. The van der Waals surface area contributed by atoms with Crippen LogP contribution in [0.5, 0.6) is 0 Å². The maximum Gasteiger partial charge on any atom is 0.311 e. The molecule has 1 aromatic carbocycles. The summed E-state index contributed by atoms with van der Waals surface area (Å²) in [7, 11) is 0. The predicted molar refractivity (Wildman–Crippen MR) is 86.6 cm³/mol. The molecule has 2 aromatic rings. The third-order valence-corrected chi connectivity index (χ3v) is 3.45. The number of hydrogen-bond donors (Lipinski definition) is 1. The summed E-state index contributed by atoms with van der Waals surface area (Å²) in [5.41, 5.74) is 1.53. The molecular formula is C16H16N2O3S. The summed E-state index contributed by atoms with van der Waals surface area (Å²) < 4.78 is 4.85. The first-order valence-electron chi connectivity index (χ1n) is 6.81. The summed E-state index contributed by atoms with van der Waals surface area (Å²) in [6.07, 6.45) is 3.28. The van der Waals surface area contributed by atoms with Gasteiger partial charge in [-0.15, -0.1) is 11.3 Å². The molecule has 1 N–H and O–H groups in total. The summed E-state index contributed by atoms with van der Waals surface area (Å²) in [4.78, 5) is 27.3. The molecule has 0 aliphatic carbocycles. The number of thiazole rings is 1. The lowest BCUT2D eigenvalue weighted by Gasteiger charge is -1.98. The maximum absolute atomic E-state index is 11.8. The first-order chi connectivity index (χ1) is 10.7. The van der Waals surface area contributed by atoms with Gasteiger partial charge in [-0.25, -0.2) is 4.98 Å². The summed E-state index contributed by atoms with van der Waals surface area (Å²) in [6.45, 7) is 2.10. The van der Waals surface area contributed by atoms with Gasteiger partial charge in [0.2, 0.25) is 5.91 Å². The molecule has 2 rings (SSSR count). The van der Waals surface area contributed by atoms with Crippen molar-refractivity contribution < 1.29 is 14.3 Å². The van der Waals surface area contributed by atoms with Crippen LogP contribution in [0.2, 0.25) is 0 Å². The number of anilines is 1. The Balaban J connectivity index is 1.88. The molecule has 0 fully saturated rings. The Morgan fingerprint density at radius 3 is 2.82 bits per heavy atom. The Morgan fingerprint density at radius 1 is 1.32 bits per heavy atom. The molecule has 0 unspecified atom stereocenters. The van der Waals surface area contributed by atoms with Crippen molar-refractivity contribution in [3.8, 4) is 0 Å². The zero-order valence-corrected chi connectivity index (χ0v) is 12.9. The molecule has 0 aliphatic rings. The van der Waals surface area contributed by atoms with E-state index in [4.69, 9.17) is 4.74 Å². The Kier molecular flexibility index (Phi) is 5.85. The van der Waals surface area contributed by atoms with Gasteiger partial charge in [0, 0.05) is 11.5 Å². The van der Waals surface area contributed by atoms with Crippen LogP contribution >= 0.6 is 11.3 Å². The van der Waals surface area contributed by atoms with Crippen LogP contribution in [0.25, 0.3) is 6.08 Å². The SMILES string of the molecule is CCOC(=O)Cc1csc(NC(=O)/C=C\c2ccccc2)n1. The second kappa shape index (κ2) is 8.09. The van der Waals surface area contributed by atoms with Crippen LogP contribution in [0.4, 0.5) is 5.13 Å². The van der Waals surface area contributed by atoms with Gasteiger partial charge in [-0.1, -0.05) is 30.3 Å². The predicted octanol–water partition coefficient (Wildman–Crippen LogP) is 2.90. The third kappa shape index (κ3) is 5.14. The van der Waals surface area contributed by atoms with Crippen LogP contribution in [0, 0.1) is 0 Å². The minimum atomic E-state index is -0.324. The van der Waals surface area contributed by atoms with Gasteiger partial charge >= 0.3 is 5.97 Å². The number of carbonyl (C=O) groups excluding carboxylic acids is 2. The minimum absolute atomic E-state index is 0.111. The first-order valence-corrected chi connectivity index (χ1v) is 7.69. The zero-order chi connectivity index (χ0) is 15.8. The van der Waals surface area contributed by atoms with Crippen molar-refractivity contribution in [1.82, 2.24) is 4.98 Å². The fraction of sp³-hybridized carbons (Fsp3) is 0.188. The van der Waals surface area contributed by atoms with Gasteiger partial charge in [-0.2, -0.15) is 0 Å². The van der Waals surface area contributed by atoms with Crippen molar-refractivity contribution in [3.63, 3.8) is 0 Å². The van der Waals surface area contributed by atoms with E-state index in [0.717, 1.165) is 5.56 Å². The topological polar surface area (TPSA) is 68.3 Å². The largest absolute Gasteiger partial charge is 0.466 e. The van der Waals surface area contributed by atoms with Gasteiger partial charge in [0.25, 0.3) is 0 Å². The van der Waals surface area contributed by atoms with Crippen molar-refractivity contribution in [2.75, 3.05) is 11.9 Å². The third-order valence-electron chi connectivity index (χ3n) is 2.64. The van der Waals surface area contributed by atoms with Crippen LogP contribution in [-0.2, 0) is 20.7 Å². The van der Waals surface area contributed by atoms with E-state index < -0.39 is 0 Å². The summed E-state index contributed by atoms with van der Waals surface area (Å²) in [6, 6.07) is 9.54. The second-order valence-electron chi connectivity index (χ2n) is 4.36. The average Bonchev–Trinajstić information content (AvgIpc) is 2.93.